The summed E-state index contributed by atoms with van der Waals surface area (Å²) in [5, 5.41) is 11.6. The lowest BCUT2D eigenvalue weighted by Crippen LogP contribution is -2.14. The summed E-state index contributed by atoms with van der Waals surface area (Å²) in [6, 6.07) is 17.3. The zero-order valence-corrected chi connectivity index (χ0v) is 15.5. The van der Waals surface area contributed by atoms with Crippen molar-refractivity contribution in [2.24, 2.45) is 7.05 Å². The van der Waals surface area contributed by atoms with Gasteiger partial charge in [-0.1, -0.05) is 42.1 Å². The van der Waals surface area contributed by atoms with Crippen molar-refractivity contribution in [3.8, 4) is 5.75 Å². The molecule has 0 unspecified atom stereocenters. The Bertz CT molecular complexity index is 863. The first-order chi connectivity index (χ1) is 12.6. The summed E-state index contributed by atoms with van der Waals surface area (Å²) in [4.78, 5) is 12.1. The van der Waals surface area contributed by atoms with Gasteiger partial charge in [0, 0.05) is 12.7 Å². The van der Waals surface area contributed by atoms with E-state index in [1.165, 1.54) is 11.8 Å². The number of carbonyl (C=O) groups excluding carboxylic acids is 1. The molecule has 2 aromatic carbocycles. The van der Waals surface area contributed by atoms with Crippen LogP contribution in [0, 0.1) is 6.92 Å². The van der Waals surface area contributed by atoms with Crippen LogP contribution in [-0.4, -0.2) is 26.4 Å². The van der Waals surface area contributed by atoms with E-state index in [4.69, 9.17) is 4.74 Å². The van der Waals surface area contributed by atoms with Gasteiger partial charge in [0.15, 0.2) is 5.16 Å². The lowest BCUT2D eigenvalue weighted by molar-refractivity contribution is -0.113. The highest BCUT2D eigenvalue weighted by molar-refractivity contribution is 7.99. The molecule has 0 aliphatic heterocycles. The highest BCUT2D eigenvalue weighted by Gasteiger charge is 2.09. The number of nitrogens with zero attached hydrogens (tertiary/aromatic N) is 3. The van der Waals surface area contributed by atoms with Gasteiger partial charge in [-0.25, -0.2) is 0 Å². The van der Waals surface area contributed by atoms with Crippen molar-refractivity contribution in [3.63, 3.8) is 0 Å². The number of thioether (sulfide) groups is 1. The summed E-state index contributed by atoms with van der Waals surface area (Å²) in [5.74, 6) is 1.77. The van der Waals surface area contributed by atoms with Crippen LogP contribution in [0.1, 0.15) is 11.4 Å². The Hall–Kier alpha value is -2.80. The second kappa shape index (κ2) is 8.53. The summed E-state index contributed by atoms with van der Waals surface area (Å²) >= 11 is 1.36. The second-order valence-corrected chi connectivity index (χ2v) is 6.67. The van der Waals surface area contributed by atoms with E-state index in [2.05, 4.69) is 15.5 Å². The van der Waals surface area contributed by atoms with Gasteiger partial charge < -0.3 is 14.6 Å². The van der Waals surface area contributed by atoms with Gasteiger partial charge >= 0.3 is 0 Å². The molecule has 26 heavy (non-hydrogen) atoms. The number of hydrogen-bond acceptors (Lipinski definition) is 5. The maximum Gasteiger partial charge on any atom is 0.234 e. The molecule has 0 saturated heterocycles. The van der Waals surface area contributed by atoms with Crippen molar-refractivity contribution in [1.29, 1.82) is 0 Å². The minimum Gasteiger partial charge on any atom is -0.489 e. The summed E-state index contributed by atoms with van der Waals surface area (Å²) in [6.45, 7) is 2.39. The predicted molar refractivity (Wildman–Crippen MR) is 102 cm³/mol. The Morgan fingerprint density at radius 2 is 1.85 bits per heavy atom. The highest BCUT2D eigenvalue weighted by atomic mass is 32.2. The molecule has 0 fully saturated rings. The number of carbonyl (C=O) groups is 1. The maximum absolute atomic E-state index is 12.1. The first-order valence-corrected chi connectivity index (χ1v) is 9.16. The van der Waals surface area contributed by atoms with Crippen molar-refractivity contribution < 1.29 is 9.53 Å². The monoisotopic (exact) mass is 368 g/mol. The van der Waals surface area contributed by atoms with E-state index < -0.39 is 0 Å². The van der Waals surface area contributed by atoms with Gasteiger partial charge in [-0.15, -0.1) is 10.2 Å². The van der Waals surface area contributed by atoms with Gasteiger partial charge in [0.1, 0.15) is 18.2 Å². The third-order valence-corrected chi connectivity index (χ3v) is 4.79. The van der Waals surface area contributed by atoms with Gasteiger partial charge in [-0.2, -0.15) is 0 Å². The molecule has 3 rings (SSSR count). The quantitative estimate of drug-likeness (QED) is 0.647. The van der Waals surface area contributed by atoms with Crippen molar-refractivity contribution >= 4 is 23.4 Å². The van der Waals surface area contributed by atoms with Gasteiger partial charge in [0.25, 0.3) is 0 Å². The number of ether oxygens (including phenoxy) is 1. The Morgan fingerprint density at radius 3 is 2.50 bits per heavy atom. The average molecular weight is 368 g/mol. The normalized spacial score (nSPS) is 10.5. The zero-order chi connectivity index (χ0) is 18.4. The fraction of sp³-hybridized carbons (Fsp3) is 0.211. The second-order valence-electron chi connectivity index (χ2n) is 5.72. The van der Waals surface area contributed by atoms with Crippen molar-refractivity contribution in [1.82, 2.24) is 14.8 Å². The molecule has 1 N–H and O–H groups in total. The maximum atomic E-state index is 12.1. The molecule has 0 saturated carbocycles. The SMILES string of the molecule is Cc1nnc(SCC(=O)Nc2ccc(OCc3ccccc3)cc2)n1C. The van der Waals surface area contributed by atoms with E-state index >= 15 is 0 Å². The topological polar surface area (TPSA) is 69.0 Å². The van der Waals surface area contributed by atoms with E-state index in [0.717, 1.165) is 28.0 Å². The minimum atomic E-state index is -0.0893. The molecule has 1 heterocycles. The summed E-state index contributed by atoms with van der Waals surface area (Å²) in [7, 11) is 1.88. The minimum absolute atomic E-state index is 0.0893. The van der Waals surface area contributed by atoms with E-state index in [-0.39, 0.29) is 11.7 Å². The van der Waals surface area contributed by atoms with Crippen LogP contribution in [0.3, 0.4) is 0 Å². The summed E-state index contributed by atoms with van der Waals surface area (Å²) < 4.78 is 7.60. The van der Waals surface area contributed by atoms with Crippen molar-refractivity contribution in [2.75, 3.05) is 11.1 Å². The predicted octanol–water partition coefficient (Wildman–Crippen LogP) is 3.43. The molecule has 0 aliphatic carbocycles. The number of benzene rings is 2. The van der Waals surface area contributed by atoms with E-state index in [0.29, 0.717) is 6.61 Å². The van der Waals surface area contributed by atoms with Gasteiger partial charge in [0.05, 0.1) is 5.75 Å². The van der Waals surface area contributed by atoms with Gasteiger partial charge in [-0.3, -0.25) is 4.79 Å². The third-order valence-electron chi connectivity index (χ3n) is 3.77. The molecule has 0 spiro atoms. The zero-order valence-electron chi connectivity index (χ0n) is 14.7. The molecule has 1 amide bonds. The molecule has 3 aromatic rings. The Morgan fingerprint density at radius 1 is 1.12 bits per heavy atom. The standard InChI is InChI=1S/C19H20N4O2S/c1-14-21-22-19(23(14)2)26-13-18(24)20-16-8-10-17(11-9-16)25-12-15-6-4-3-5-7-15/h3-11H,12-13H2,1-2H3,(H,20,24). The van der Waals surface area contributed by atoms with Crippen LogP contribution in [0.2, 0.25) is 0 Å². The van der Waals surface area contributed by atoms with Crippen LogP contribution in [0.15, 0.2) is 59.8 Å². The third kappa shape index (κ3) is 4.86. The van der Waals surface area contributed by atoms with Crippen LogP contribution >= 0.6 is 11.8 Å². The number of aryl methyl sites for hydroxylation is 1. The lowest BCUT2D eigenvalue weighted by Gasteiger charge is -2.08. The van der Waals surface area contributed by atoms with Crippen molar-refractivity contribution in [2.45, 2.75) is 18.7 Å². The molecular formula is C19H20N4O2S. The summed E-state index contributed by atoms with van der Waals surface area (Å²) in [5.41, 5.74) is 1.85. The Balaban J connectivity index is 1.47. The molecular weight excluding hydrogens is 348 g/mol. The number of nitrogens with one attached hydrogen (secondary N) is 1. The van der Waals surface area contributed by atoms with Crippen LogP contribution in [0.25, 0.3) is 0 Å². The molecule has 134 valence electrons. The number of aromatic nitrogens is 3. The first kappa shape index (κ1) is 18.0. The number of hydrogen-bond donors (Lipinski definition) is 1. The lowest BCUT2D eigenvalue weighted by atomic mass is 10.2. The van der Waals surface area contributed by atoms with E-state index in [1.807, 2.05) is 73.1 Å². The molecule has 1 aromatic heterocycles. The smallest absolute Gasteiger partial charge is 0.234 e. The Kier molecular flexibility index (Phi) is 5.91. The van der Waals surface area contributed by atoms with Crippen LogP contribution in [-0.2, 0) is 18.4 Å². The molecule has 6 nitrogen and oxygen atoms in total. The van der Waals surface area contributed by atoms with Gasteiger partial charge in [0.2, 0.25) is 5.91 Å². The molecule has 0 atom stereocenters. The first-order valence-electron chi connectivity index (χ1n) is 8.17. The molecule has 0 radical (unpaired) electrons. The largest absolute Gasteiger partial charge is 0.489 e. The fourth-order valence-corrected chi connectivity index (χ4v) is 2.97. The van der Waals surface area contributed by atoms with Crippen LogP contribution in [0.4, 0.5) is 5.69 Å². The number of amides is 1. The van der Waals surface area contributed by atoms with E-state index in [9.17, 15) is 4.79 Å². The van der Waals surface area contributed by atoms with Crippen LogP contribution < -0.4 is 10.1 Å². The molecule has 0 bridgehead atoms. The number of anilines is 1. The Labute approximate surface area is 156 Å². The van der Waals surface area contributed by atoms with Crippen LogP contribution in [0.5, 0.6) is 5.75 Å². The van der Waals surface area contributed by atoms with Crippen molar-refractivity contribution in [3.05, 3.63) is 66.0 Å². The summed E-state index contributed by atoms with van der Waals surface area (Å²) in [6.07, 6.45) is 0. The van der Waals surface area contributed by atoms with E-state index in [1.54, 1.807) is 0 Å². The fourth-order valence-electron chi connectivity index (χ4n) is 2.22. The number of rotatable bonds is 7. The molecule has 0 aliphatic rings. The average Bonchev–Trinajstić information content (AvgIpc) is 2.99. The highest BCUT2D eigenvalue weighted by Crippen LogP contribution is 2.19. The molecule has 7 heteroatoms. The van der Waals surface area contributed by atoms with Gasteiger partial charge in [-0.05, 0) is 36.8 Å².